The Kier molecular flexibility index (Phi) is 4.62. The number of likely N-dealkylation sites (tertiary alicyclic amines) is 1. The molecule has 22 heavy (non-hydrogen) atoms. The van der Waals surface area contributed by atoms with E-state index in [4.69, 9.17) is 4.74 Å². The van der Waals surface area contributed by atoms with E-state index in [1.807, 2.05) is 0 Å². The summed E-state index contributed by atoms with van der Waals surface area (Å²) >= 11 is 1.78. The van der Waals surface area contributed by atoms with Gasteiger partial charge in [-0.3, -0.25) is 4.90 Å². The molecule has 2 aliphatic heterocycles. The lowest BCUT2D eigenvalue weighted by Gasteiger charge is -2.34. The van der Waals surface area contributed by atoms with Crippen LogP contribution in [0.4, 0.5) is 0 Å². The normalized spacial score (nSPS) is 31.6. The average molecular weight is 345 g/mol. The van der Waals surface area contributed by atoms with Crippen LogP contribution in [-0.2, 0) is 21.3 Å². The maximum Gasteiger partial charge on any atom is 0.211 e. The Labute approximate surface area is 136 Å². The summed E-state index contributed by atoms with van der Waals surface area (Å²) in [6, 6.07) is 4.24. The zero-order valence-corrected chi connectivity index (χ0v) is 14.8. The van der Waals surface area contributed by atoms with Crippen LogP contribution in [0, 0.1) is 11.3 Å². The number of sulfonamides is 1. The molecule has 0 radical (unpaired) electrons. The maximum absolute atomic E-state index is 12.0. The second kappa shape index (κ2) is 6.20. The van der Waals surface area contributed by atoms with Crippen molar-refractivity contribution in [2.45, 2.75) is 13.5 Å². The predicted molar refractivity (Wildman–Crippen MR) is 88.4 cm³/mol. The molecular formula is C15H24N2O3S2. The van der Waals surface area contributed by atoms with Gasteiger partial charge in [0.15, 0.2) is 0 Å². The van der Waals surface area contributed by atoms with Crippen LogP contribution in [0.3, 0.4) is 0 Å². The van der Waals surface area contributed by atoms with E-state index in [1.165, 1.54) is 11.1 Å². The second-order valence-corrected chi connectivity index (χ2v) is 9.68. The lowest BCUT2D eigenvalue weighted by atomic mass is 9.80. The molecule has 0 bridgehead atoms. The quantitative estimate of drug-likeness (QED) is 0.833. The van der Waals surface area contributed by atoms with Gasteiger partial charge in [-0.2, -0.15) is 4.31 Å². The summed E-state index contributed by atoms with van der Waals surface area (Å²) in [5, 5.41) is 2.10. The van der Waals surface area contributed by atoms with Gasteiger partial charge in [-0.15, -0.1) is 11.3 Å². The van der Waals surface area contributed by atoms with Gasteiger partial charge in [0.25, 0.3) is 0 Å². The Morgan fingerprint density at radius 2 is 2.27 bits per heavy atom. The minimum absolute atomic E-state index is 0.0865. The summed E-state index contributed by atoms with van der Waals surface area (Å²) in [6.45, 7) is 7.27. The van der Waals surface area contributed by atoms with E-state index in [0.29, 0.717) is 32.2 Å². The molecule has 2 aliphatic rings. The van der Waals surface area contributed by atoms with Crippen molar-refractivity contribution in [1.29, 1.82) is 0 Å². The summed E-state index contributed by atoms with van der Waals surface area (Å²) in [4.78, 5) is 3.80. The molecule has 1 spiro atoms. The van der Waals surface area contributed by atoms with Gasteiger partial charge in [0.1, 0.15) is 0 Å². The summed E-state index contributed by atoms with van der Waals surface area (Å²) in [5.74, 6) is 0.426. The van der Waals surface area contributed by atoms with E-state index in [0.717, 1.165) is 19.6 Å². The molecule has 0 aliphatic carbocycles. The highest BCUT2D eigenvalue weighted by molar-refractivity contribution is 7.88. The summed E-state index contributed by atoms with van der Waals surface area (Å²) in [6.07, 6.45) is 1.30. The third kappa shape index (κ3) is 3.38. The van der Waals surface area contributed by atoms with E-state index >= 15 is 0 Å². The zero-order chi connectivity index (χ0) is 15.8. The third-order valence-corrected chi connectivity index (χ3v) is 7.02. The van der Waals surface area contributed by atoms with Crippen molar-refractivity contribution < 1.29 is 13.2 Å². The number of nitrogens with zero attached hydrogens (tertiary/aromatic N) is 2. The molecule has 2 atom stereocenters. The van der Waals surface area contributed by atoms with Gasteiger partial charge in [0.05, 0.1) is 19.5 Å². The van der Waals surface area contributed by atoms with Gasteiger partial charge in [0.2, 0.25) is 10.0 Å². The molecule has 5 nitrogen and oxygen atoms in total. The lowest BCUT2D eigenvalue weighted by molar-refractivity contribution is 0.0530. The standard InChI is InChI=1S/C15H24N2O3S2/c1-13-8-16(9-14-4-3-7-21-14)10-15(13)11-17(22(2,18)19)5-6-20-12-15/h3-4,7,13H,5-6,8-12H2,1-2H3/t13-,15+/m1/s1. The fourth-order valence-electron chi connectivity index (χ4n) is 3.58. The first-order valence-corrected chi connectivity index (χ1v) is 10.4. The summed E-state index contributed by atoms with van der Waals surface area (Å²) in [7, 11) is -3.17. The lowest BCUT2D eigenvalue weighted by Crippen LogP contribution is -2.45. The number of hydrogen-bond acceptors (Lipinski definition) is 5. The van der Waals surface area contributed by atoms with E-state index in [9.17, 15) is 8.42 Å². The van der Waals surface area contributed by atoms with Gasteiger partial charge >= 0.3 is 0 Å². The Balaban J connectivity index is 1.76. The van der Waals surface area contributed by atoms with E-state index in [1.54, 1.807) is 15.6 Å². The van der Waals surface area contributed by atoms with Gasteiger partial charge in [0, 0.05) is 43.0 Å². The van der Waals surface area contributed by atoms with E-state index < -0.39 is 10.0 Å². The first-order chi connectivity index (χ1) is 10.4. The monoisotopic (exact) mass is 344 g/mol. The largest absolute Gasteiger partial charge is 0.379 e. The highest BCUT2D eigenvalue weighted by atomic mass is 32.2. The van der Waals surface area contributed by atoms with Crippen molar-refractivity contribution in [3.8, 4) is 0 Å². The Morgan fingerprint density at radius 1 is 1.45 bits per heavy atom. The van der Waals surface area contributed by atoms with Crippen molar-refractivity contribution in [3.05, 3.63) is 22.4 Å². The minimum Gasteiger partial charge on any atom is -0.379 e. The Hall–Kier alpha value is -0.470. The van der Waals surface area contributed by atoms with Crippen LogP contribution in [0.5, 0.6) is 0 Å². The third-order valence-electron chi connectivity index (χ3n) is 4.91. The van der Waals surface area contributed by atoms with Crippen LogP contribution in [-0.4, -0.2) is 63.3 Å². The molecule has 7 heteroatoms. The molecule has 3 rings (SSSR count). The molecule has 124 valence electrons. The smallest absolute Gasteiger partial charge is 0.211 e. The van der Waals surface area contributed by atoms with Gasteiger partial charge in [-0.25, -0.2) is 8.42 Å². The number of hydrogen-bond donors (Lipinski definition) is 0. The average Bonchev–Trinajstić information content (AvgIpc) is 2.94. The van der Waals surface area contributed by atoms with Gasteiger partial charge in [-0.05, 0) is 17.4 Å². The molecular weight excluding hydrogens is 320 g/mol. The fourth-order valence-corrected chi connectivity index (χ4v) is 5.23. The molecule has 0 aromatic carbocycles. The van der Waals surface area contributed by atoms with Gasteiger partial charge < -0.3 is 4.74 Å². The molecule has 0 N–H and O–H groups in total. The Bertz CT molecular complexity index is 602. The highest BCUT2D eigenvalue weighted by Gasteiger charge is 2.47. The van der Waals surface area contributed by atoms with Crippen LogP contribution in [0.25, 0.3) is 0 Å². The van der Waals surface area contributed by atoms with Crippen molar-refractivity contribution in [3.63, 3.8) is 0 Å². The fraction of sp³-hybridized carbons (Fsp3) is 0.733. The van der Waals surface area contributed by atoms with E-state index in [-0.39, 0.29) is 5.41 Å². The molecule has 2 fully saturated rings. The zero-order valence-electron chi connectivity index (χ0n) is 13.2. The topological polar surface area (TPSA) is 49.9 Å². The minimum atomic E-state index is -3.17. The SMILES string of the molecule is C[C@@H]1CN(Cc2cccs2)C[C@]12COCCN(S(C)(=O)=O)C2. The molecule has 1 aromatic heterocycles. The number of thiophene rings is 1. The number of ether oxygens (including phenoxy) is 1. The first kappa shape index (κ1) is 16.4. The maximum atomic E-state index is 12.0. The van der Waals surface area contributed by atoms with Crippen molar-refractivity contribution in [1.82, 2.24) is 9.21 Å². The predicted octanol–water partition coefficient (Wildman–Crippen LogP) is 1.48. The van der Waals surface area contributed by atoms with E-state index in [2.05, 4.69) is 29.3 Å². The van der Waals surface area contributed by atoms with Crippen molar-refractivity contribution in [2.24, 2.45) is 11.3 Å². The summed E-state index contributed by atoms with van der Waals surface area (Å²) < 4.78 is 31.3. The molecule has 0 amide bonds. The second-order valence-electron chi connectivity index (χ2n) is 6.66. The van der Waals surface area contributed by atoms with Crippen LogP contribution in [0.1, 0.15) is 11.8 Å². The van der Waals surface area contributed by atoms with Crippen LogP contribution in [0.2, 0.25) is 0 Å². The molecule has 0 unspecified atom stereocenters. The summed E-state index contributed by atoms with van der Waals surface area (Å²) in [5.41, 5.74) is -0.0865. The highest BCUT2D eigenvalue weighted by Crippen LogP contribution is 2.39. The Morgan fingerprint density at radius 3 is 2.95 bits per heavy atom. The molecule has 2 saturated heterocycles. The molecule has 3 heterocycles. The van der Waals surface area contributed by atoms with Gasteiger partial charge in [-0.1, -0.05) is 13.0 Å². The van der Waals surface area contributed by atoms with Crippen molar-refractivity contribution >= 4 is 21.4 Å². The number of rotatable bonds is 3. The van der Waals surface area contributed by atoms with Crippen LogP contribution >= 0.6 is 11.3 Å². The first-order valence-electron chi connectivity index (χ1n) is 7.67. The molecule has 0 saturated carbocycles. The van der Waals surface area contributed by atoms with Crippen LogP contribution < -0.4 is 0 Å². The van der Waals surface area contributed by atoms with Crippen LogP contribution in [0.15, 0.2) is 17.5 Å². The van der Waals surface area contributed by atoms with Crippen molar-refractivity contribution in [2.75, 3.05) is 45.6 Å². The molecule has 1 aromatic rings.